The second-order valence-electron chi connectivity index (χ2n) is 8.29. The van der Waals surface area contributed by atoms with Crippen LogP contribution in [-0.4, -0.2) is 45.4 Å². The SMILES string of the molecule is O=S(=O)(c1ccc(Cl)cc1F)N1CCCC(c2cc(NCc3cccnc3)n3ncc(Br)c3n2)C1. The van der Waals surface area contributed by atoms with Gasteiger partial charge in [0.1, 0.15) is 16.5 Å². The Kier molecular flexibility index (Phi) is 6.75. The number of piperidine rings is 1. The zero-order chi connectivity index (χ0) is 24.6. The molecule has 1 atom stereocenters. The number of nitrogens with zero attached hydrogens (tertiary/aromatic N) is 5. The number of benzene rings is 1. The Hall–Kier alpha value is -2.60. The van der Waals surface area contributed by atoms with E-state index < -0.39 is 15.8 Å². The predicted molar refractivity (Wildman–Crippen MR) is 134 cm³/mol. The molecule has 1 fully saturated rings. The summed E-state index contributed by atoms with van der Waals surface area (Å²) in [5.74, 6) is -0.299. The molecule has 1 aromatic carbocycles. The number of anilines is 1. The van der Waals surface area contributed by atoms with Crippen molar-refractivity contribution in [1.82, 2.24) is 23.9 Å². The van der Waals surface area contributed by atoms with Crippen molar-refractivity contribution in [2.45, 2.75) is 30.2 Å². The predicted octanol–water partition coefficient (Wildman–Crippen LogP) is 4.86. The number of aromatic nitrogens is 4. The van der Waals surface area contributed by atoms with E-state index in [1.54, 1.807) is 23.1 Å². The van der Waals surface area contributed by atoms with E-state index in [9.17, 15) is 12.8 Å². The summed E-state index contributed by atoms with van der Waals surface area (Å²) >= 11 is 9.31. The summed E-state index contributed by atoms with van der Waals surface area (Å²) in [7, 11) is -4.02. The lowest BCUT2D eigenvalue weighted by Crippen LogP contribution is -2.39. The fourth-order valence-electron chi connectivity index (χ4n) is 4.21. The van der Waals surface area contributed by atoms with Crippen LogP contribution in [0.25, 0.3) is 5.65 Å². The molecular formula is C23H21BrClFN6O2S. The van der Waals surface area contributed by atoms with Gasteiger partial charge >= 0.3 is 0 Å². The average molecular weight is 580 g/mol. The molecule has 5 rings (SSSR count). The standard InChI is InChI=1S/C23H21BrClFN6O2S/c24-18-13-29-32-22(28-12-15-3-1-7-27-11-15)10-20(30-23(18)32)16-4-2-8-31(14-16)35(33,34)21-6-5-17(25)9-19(21)26/h1,3,5-7,9-11,13,16,28H,2,4,8,12,14H2. The number of halogens is 3. The normalized spacial score (nSPS) is 17.1. The Morgan fingerprint density at radius 1 is 1.23 bits per heavy atom. The Morgan fingerprint density at radius 2 is 2.09 bits per heavy atom. The number of pyridine rings is 1. The second-order valence-corrected chi connectivity index (χ2v) is 11.5. The molecule has 1 N–H and O–H groups in total. The monoisotopic (exact) mass is 578 g/mol. The van der Waals surface area contributed by atoms with Crippen molar-refractivity contribution in [3.63, 3.8) is 0 Å². The van der Waals surface area contributed by atoms with Crippen molar-refractivity contribution < 1.29 is 12.8 Å². The first-order valence-corrected chi connectivity index (χ1v) is 13.6. The van der Waals surface area contributed by atoms with Crippen molar-refractivity contribution in [2.75, 3.05) is 18.4 Å². The van der Waals surface area contributed by atoms with Gasteiger partial charge in [0, 0.05) is 49.0 Å². The van der Waals surface area contributed by atoms with E-state index in [0.717, 1.165) is 34.0 Å². The molecular weight excluding hydrogens is 559 g/mol. The lowest BCUT2D eigenvalue weighted by Gasteiger charge is -2.32. The van der Waals surface area contributed by atoms with Gasteiger partial charge in [0.05, 0.1) is 16.4 Å². The molecule has 1 unspecified atom stereocenters. The Morgan fingerprint density at radius 3 is 2.86 bits per heavy atom. The summed E-state index contributed by atoms with van der Waals surface area (Å²) in [5.41, 5.74) is 2.37. The maximum absolute atomic E-state index is 14.5. The molecule has 1 saturated heterocycles. The van der Waals surface area contributed by atoms with Crippen LogP contribution in [0.15, 0.2) is 64.4 Å². The molecule has 0 aliphatic carbocycles. The molecule has 1 aliphatic rings. The fourth-order valence-corrected chi connectivity index (χ4v) is 6.29. The highest BCUT2D eigenvalue weighted by molar-refractivity contribution is 9.10. The third kappa shape index (κ3) is 4.90. The van der Waals surface area contributed by atoms with E-state index >= 15 is 0 Å². The first kappa shape index (κ1) is 24.1. The van der Waals surface area contributed by atoms with Crippen molar-refractivity contribution >= 4 is 49.0 Å². The summed E-state index contributed by atoms with van der Waals surface area (Å²) in [6, 6.07) is 9.35. The lowest BCUT2D eigenvalue weighted by atomic mass is 9.96. The van der Waals surface area contributed by atoms with Crippen LogP contribution >= 0.6 is 27.5 Å². The van der Waals surface area contributed by atoms with E-state index in [0.29, 0.717) is 25.2 Å². The van der Waals surface area contributed by atoms with Crippen LogP contribution in [0.4, 0.5) is 10.2 Å². The first-order chi connectivity index (χ1) is 16.8. The smallest absolute Gasteiger partial charge is 0.246 e. The first-order valence-electron chi connectivity index (χ1n) is 10.9. The minimum Gasteiger partial charge on any atom is -0.366 e. The number of hydrogen-bond donors (Lipinski definition) is 1. The van der Waals surface area contributed by atoms with Gasteiger partial charge in [-0.05, 0) is 58.6 Å². The highest BCUT2D eigenvalue weighted by Crippen LogP contribution is 2.33. The maximum Gasteiger partial charge on any atom is 0.246 e. The Bertz CT molecular complexity index is 1480. The van der Waals surface area contributed by atoms with Gasteiger partial charge in [-0.15, -0.1) is 0 Å². The van der Waals surface area contributed by atoms with E-state index in [2.05, 4.69) is 31.3 Å². The second kappa shape index (κ2) is 9.81. The van der Waals surface area contributed by atoms with Crippen molar-refractivity contribution in [3.8, 4) is 0 Å². The molecule has 4 aromatic rings. The fraction of sp³-hybridized carbons (Fsp3) is 0.261. The molecule has 8 nitrogen and oxygen atoms in total. The summed E-state index contributed by atoms with van der Waals surface area (Å²) in [6.45, 7) is 1.04. The van der Waals surface area contributed by atoms with Gasteiger partial charge in [0.15, 0.2) is 5.65 Å². The van der Waals surface area contributed by atoms with Crippen LogP contribution in [0.2, 0.25) is 5.02 Å². The summed E-state index contributed by atoms with van der Waals surface area (Å²) < 4.78 is 44.7. The van der Waals surface area contributed by atoms with E-state index in [4.69, 9.17) is 16.6 Å². The molecule has 12 heteroatoms. The van der Waals surface area contributed by atoms with Crippen molar-refractivity contribution in [2.24, 2.45) is 0 Å². The number of sulfonamides is 1. The quantitative estimate of drug-likeness (QED) is 0.351. The van der Waals surface area contributed by atoms with E-state index in [1.165, 1.54) is 16.4 Å². The molecule has 0 amide bonds. The highest BCUT2D eigenvalue weighted by atomic mass is 79.9. The Balaban J connectivity index is 1.45. The van der Waals surface area contributed by atoms with Gasteiger partial charge in [-0.2, -0.15) is 13.9 Å². The number of hydrogen-bond acceptors (Lipinski definition) is 6. The molecule has 182 valence electrons. The van der Waals surface area contributed by atoms with Crippen molar-refractivity contribution in [3.05, 3.63) is 81.6 Å². The van der Waals surface area contributed by atoms with Crippen LogP contribution in [0, 0.1) is 5.82 Å². The number of rotatable bonds is 6. The minimum absolute atomic E-state index is 0.146. The summed E-state index contributed by atoms with van der Waals surface area (Å²) in [5, 5.41) is 7.93. The Labute approximate surface area is 215 Å². The van der Waals surface area contributed by atoms with Gasteiger partial charge in [-0.3, -0.25) is 4.98 Å². The van der Waals surface area contributed by atoms with Crippen LogP contribution in [0.1, 0.15) is 30.0 Å². The van der Waals surface area contributed by atoms with Crippen LogP contribution in [0.5, 0.6) is 0 Å². The third-order valence-electron chi connectivity index (χ3n) is 5.96. The van der Waals surface area contributed by atoms with Gasteiger partial charge < -0.3 is 5.32 Å². The van der Waals surface area contributed by atoms with Gasteiger partial charge in [0.2, 0.25) is 10.0 Å². The molecule has 0 radical (unpaired) electrons. The molecule has 0 saturated carbocycles. The molecule has 35 heavy (non-hydrogen) atoms. The van der Waals surface area contributed by atoms with E-state index in [-0.39, 0.29) is 22.4 Å². The van der Waals surface area contributed by atoms with Crippen LogP contribution in [0.3, 0.4) is 0 Å². The minimum atomic E-state index is -4.02. The molecule has 1 aliphatic heterocycles. The number of fused-ring (bicyclic) bond motifs is 1. The average Bonchev–Trinajstić information content (AvgIpc) is 3.24. The summed E-state index contributed by atoms with van der Waals surface area (Å²) in [4.78, 5) is 8.55. The van der Waals surface area contributed by atoms with Gasteiger partial charge in [-0.25, -0.2) is 17.8 Å². The highest BCUT2D eigenvalue weighted by Gasteiger charge is 2.33. The molecule has 0 spiro atoms. The van der Waals surface area contributed by atoms with Crippen LogP contribution in [-0.2, 0) is 16.6 Å². The number of nitrogens with one attached hydrogen (secondary N) is 1. The van der Waals surface area contributed by atoms with Crippen molar-refractivity contribution in [1.29, 1.82) is 0 Å². The lowest BCUT2D eigenvalue weighted by molar-refractivity contribution is 0.311. The molecule has 4 heterocycles. The molecule has 3 aromatic heterocycles. The third-order valence-corrected chi connectivity index (χ3v) is 8.65. The zero-order valence-electron chi connectivity index (χ0n) is 18.4. The largest absolute Gasteiger partial charge is 0.366 e. The zero-order valence-corrected chi connectivity index (χ0v) is 21.6. The van der Waals surface area contributed by atoms with Crippen LogP contribution < -0.4 is 5.32 Å². The van der Waals surface area contributed by atoms with Gasteiger partial charge in [0.25, 0.3) is 0 Å². The maximum atomic E-state index is 14.5. The molecule has 0 bridgehead atoms. The van der Waals surface area contributed by atoms with E-state index in [1.807, 2.05) is 18.2 Å². The summed E-state index contributed by atoms with van der Waals surface area (Å²) in [6.07, 6.45) is 6.56. The van der Waals surface area contributed by atoms with Gasteiger partial charge in [-0.1, -0.05) is 17.7 Å². The topological polar surface area (TPSA) is 92.5 Å².